The Morgan fingerprint density at radius 2 is 1.87 bits per heavy atom. The number of methoxy groups -OCH3 is 1. The molecule has 0 saturated carbocycles. The number of nitrogens with one attached hydrogen (secondary N) is 1. The fourth-order valence-corrected chi connectivity index (χ4v) is 1.98. The SMILES string of the molecule is COc1cc(N2CCNCC2)cnc1Cl.O=C(O)/C=C/C(=O)O. The lowest BCUT2D eigenvalue weighted by Gasteiger charge is -2.29. The first-order valence-corrected chi connectivity index (χ1v) is 7.11. The van der Waals surface area contributed by atoms with E-state index in [2.05, 4.69) is 15.2 Å². The van der Waals surface area contributed by atoms with Crippen molar-refractivity contribution in [3.05, 3.63) is 29.6 Å². The van der Waals surface area contributed by atoms with Gasteiger partial charge in [-0.05, 0) is 0 Å². The van der Waals surface area contributed by atoms with E-state index in [0.29, 0.717) is 23.1 Å². The molecule has 0 radical (unpaired) electrons. The lowest BCUT2D eigenvalue weighted by molar-refractivity contribution is -0.134. The summed E-state index contributed by atoms with van der Waals surface area (Å²) >= 11 is 5.87. The van der Waals surface area contributed by atoms with Crippen LogP contribution >= 0.6 is 11.6 Å². The second-order valence-electron chi connectivity index (χ2n) is 4.43. The average Bonchev–Trinajstić information content (AvgIpc) is 2.55. The van der Waals surface area contributed by atoms with E-state index in [-0.39, 0.29) is 0 Å². The highest BCUT2D eigenvalue weighted by Crippen LogP contribution is 2.26. The van der Waals surface area contributed by atoms with Gasteiger partial charge in [0, 0.05) is 44.4 Å². The van der Waals surface area contributed by atoms with Crippen molar-refractivity contribution in [1.29, 1.82) is 0 Å². The number of pyridine rings is 1. The number of carboxylic acids is 2. The van der Waals surface area contributed by atoms with Crippen LogP contribution in [0.4, 0.5) is 5.69 Å². The summed E-state index contributed by atoms with van der Waals surface area (Å²) < 4.78 is 5.14. The fourth-order valence-electron chi connectivity index (χ4n) is 1.80. The van der Waals surface area contributed by atoms with E-state index in [1.165, 1.54) is 0 Å². The maximum Gasteiger partial charge on any atom is 0.328 e. The molecule has 1 aromatic heterocycles. The van der Waals surface area contributed by atoms with Gasteiger partial charge in [0.1, 0.15) is 0 Å². The molecule has 0 bridgehead atoms. The first-order valence-electron chi connectivity index (χ1n) is 6.73. The summed E-state index contributed by atoms with van der Waals surface area (Å²) in [5, 5.41) is 19.3. The third-order valence-corrected chi connectivity index (χ3v) is 3.15. The van der Waals surface area contributed by atoms with Crippen LogP contribution in [0, 0.1) is 0 Å². The summed E-state index contributed by atoms with van der Waals surface area (Å²) in [5.41, 5.74) is 1.07. The van der Waals surface area contributed by atoms with Crippen molar-refractivity contribution in [2.24, 2.45) is 0 Å². The summed E-state index contributed by atoms with van der Waals surface area (Å²) in [6.45, 7) is 3.99. The number of hydrogen-bond acceptors (Lipinski definition) is 6. The van der Waals surface area contributed by atoms with Gasteiger partial charge in [-0.25, -0.2) is 14.6 Å². The Morgan fingerprint density at radius 1 is 1.30 bits per heavy atom. The Labute approximate surface area is 138 Å². The standard InChI is InChI=1S/C10H14ClN3O.C4H4O4/c1-15-9-6-8(7-13-10(9)11)14-4-2-12-3-5-14;5-3(6)1-2-4(7)8/h6-7,12H,2-5H2,1H3;1-2H,(H,5,6)(H,7,8)/b;2-1+. The minimum atomic E-state index is -1.26. The summed E-state index contributed by atoms with van der Waals surface area (Å²) in [4.78, 5) is 25.5. The van der Waals surface area contributed by atoms with Crippen molar-refractivity contribution in [3.63, 3.8) is 0 Å². The second kappa shape index (κ2) is 9.65. The van der Waals surface area contributed by atoms with Crippen LogP contribution in [0.15, 0.2) is 24.4 Å². The number of aliphatic carboxylic acids is 2. The van der Waals surface area contributed by atoms with E-state index in [9.17, 15) is 9.59 Å². The molecular formula is C14H18ClN3O5. The van der Waals surface area contributed by atoms with Crippen LogP contribution in [-0.4, -0.2) is 60.4 Å². The quantitative estimate of drug-likeness (QED) is 0.545. The van der Waals surface area contributed by atoms with E-state index in [1.54, 1.807) is 13.3 Å². The molecule has 2 rings (SSSR count). The number of aromatic nitrogens is 1. The van der Waals surface area contributed by atoms with Gasteiger partial charge >= 0.3 is 11.9 Å². The molecule has 2 heterocycles. The highest BCUT2D eigenvalue weighted by molar-refractivity contribution is 6.30. The van der Waals surface area contributed by atoms with Crippen molar-refractivity contribution >= 4 is 29.2 Å². The van der Waals surface area contributed by atoms with Gasteiger partial charge in [-0.1, -0.05) is 11.6 Å². The van der Waals surface area contributed by atoms with Gasteiger partial charge in [-0.2, -0.15) is 0 Å². The summed E-state index contributed by atoms with van der Waals surface area (Å²) in [5.74, 6) is -1.88. The van der Waals surface area contributed by atoms with E-state index in [4.69, 9.17) is 26.6 Å². The topological polar surface area (TPSA) is 112 Å². The Hall–Kier alpha value is -2.32. The molecule has 1 fully saturated rings. The highest BCUT2D eigenvalue weighted by Gasteiger charge is 2.12. The number of ether oxygens (including phenoxy) is 1. The Kier molecular flexibility index (Phi) is 7.86. The van der Waals surface area contributed by atoms with E-state index in [1.807, 2.05) is 6.07 Å². The number of hydrogen-bond donors (Lipinski definition) is 3. The first-order chi connectivity index (χ1) is 10.9. The van der Waals surface area contributed by atoms with Crippen molar-refractivity contribution in [3.8, 4) is 5.75 Å². The van der Waals surface area contributed by atoms with Crippen LogP contribution in [0.3, 0.4) is 0 Å². The van der Waals surface area contributed by atoms with Gasteiger partial charge in [0.05, 0.1) is 19.0 Å². The van der Waals surface area contributed by atoms with Gasteiger partial charge in [-0.3, -0.25) is 0 Å². The van der Waals surface area contributed by atoms with Crippen LogP contribution < -0.4 is 15.0 Å². The Bertz CT molecular complexity index is 558. The molecule has 1 saturated heterocycles. The molecule has 8 nitrogen and oxygen atoms in total. The Morgan fingerprint density at radius 3 is 2.35 bits per heavy atom. The smallest absolute Gasteiger partial charge is 0.328 e. The molecule has 3 N–H and O–H groups in total. The lowest BCUT2D eigenvalue weighted by Crippen LogP contribution is -2.43. The van der Waals surface area contributed by atoms with Crippen molar-refractivity contribution in [1.82, 2.24) is 10.3 Å². The van der Waals surface area contributed by atoms with Gasteiger partial charge < -0.3 is 25.2 Å². The van der Waals surface area contributed by atoms with Gasteiger partial charge in [-0.15, -0.1) is 0 Å². The molecule has 0 spiro atoms. The lowest BCUT2D eigenvalue weighted by atomic mass is 10.3. The fraction of sp³-hybridized carbons (Fsp3) is 0.357. The predicted octanol–water partition coefficient (Wildman–Crippen LogP) is 0.865. The van der Waals surface area contributed by atoms with Gasteiger partial charge in [0.15, 0.2) is 10.9 Å². The zero-order valence-corrected chi connectivity index (χ0v) is 13.3. The van der Waals surface area contributed by atoms with Crippen molar-refractivity contribution in [2.45, 2.75) is 0 Å². The molecule has 0 atom stereocenters. The minimum absolute atomic E-state index is 0.413. The largest absolute Gasteiger partial charge is 0.493 e. The average molecular weight is 344 g/mol. The second-order valence-corrected chi connectivity index (χ2v) is 4.79. The minimum Gasteiger partial charge on any atom is -0.493 e. The molecule has 1 aliphatic heterocycles. The maximum absolute atomic E-state index is 9.55. The third kappa shape index (κ3) is 6.98. The molecule has 0 unspecified atom stereocenters. The number of nitrogens with zero attached hydrogens (tertiary/aromatic N) is 2. The number of piperazine rings is 1. The molecular weight excluding hydrogens is 326 g/mol. The number of halogens is 1. The number of carboxylic acid groups (broad SMARTS) is 2. The molecule has 9 heteroatoms. The monoisotopic (exact) mass is 343 g/mol. The van der Waals surface area contributed by atoms with Gasteiger partial charge in [0.2, 0.25) is 0 Å². The third-order valence-electron chi connectivity index (χ3n) is 2.86. The maximum atomic E-state index is 9.55. The number of carbonyl (C=O) groups is 2. The van der Waals surface area contributed by atoms with E-state index < -0.39 is 11.9 Å². The zero-order valence-electron chi connectivity index (χ0n) is 12.5. The number of anilines is 1. The Balaban J connectivity index is 0.000000284. The van der Waals surface area contributed by atoms with Crippen LogP contribution in [-0.2, 0) is 9.59 Å². The van der Waals surface area contributed by atoms with Crippen LogP contribution in [0.1, 0.15) is 0 Å². The van der Waals surface area contributed by atoms with Crippen LogP contribution in [0.25, 0.3) is 0 Å². The summed E-state index contributed by atoms with van der Waals surface area (Å²) in [6, 6.07) is 1.93. The molecule has 1 aromatic rings. The van der Waals surface area contributed by atoms with E-state index in [0.717, 1.165) is 31.9 Å². The summed E-state index contributed by atoms with van der Waals surface area (Å²) in [7, 11) is 1.60. The molecule has 0 aromatic carbocycles. The van der Waals surface area contributed by atoms with Crippen LogP contribution in [0.2, 0.25) is 5.15 Å². The van der Waals surface area contributed by atoms with E-state index >= 15 is 0 Å². The molecule has 1 aliphatic rings. The number of rotatable bonds is 4. The first kappa shape index (κ1) is 18.7. The molecule has 0 amide bonds. The zero-order chi connectivity index (χ0) is 17.2. The normalized spacial score (nSPS) is 14.1. The molecule has 0 aliphatic carbocycles. The van der Waals surface area contributed by atoms with Crippen molar-refractivity contribution < 1.29 is 24.5 Å². The predicted molar refractivity (Wildman–Crippen MR) is 85.3 cm³/mol. The van der Waals surface area contributed by atoms with Crippen LogP contribution in [0.5, 0.6) is 5.75 Å². The molecule has 23 heavy (non-hydrogen) atoms. The highest BCUT2D eigenvalue weighted by atomic mass is 35.5. The summed E-state index contributed by atoms with van der Waals surface area (Å²) in [6.07, 6.45) is 2.90. The molecule has 126 valence electrons. The van der Waals surface area contributed by atoms with Gasteiger partial charge in [0.25, 0.3) is 0 Å². The van der Waals surface area contributed by atoms with Crippen molar-refractivity contribution in [2.75, 3.05) is 38.2 Å².